The molecule has 0 saturated carbocycles. The van der Waals surface area contributed by atoms with E-state index in [-0.39, 0.29) is 18.2 Å². The van der Waals surface area contributed by atoms with Gasteiger partial charge >= 0.3 is 0 Å². The fourth-order valence-electron chi connectivity index (χ4n) is 0.829. The van der Waals surface area contributed by atoms with E-state index in [1.807, 2.05) is 0 Å². The molecule has 0 aliphatic carbocycles. The van der Waals surface area contributed by atoms with Crippen LogP contribution in [0.3, 0.4) is 0 Å². The standard InChI is InChI=1S/C6H5N3O.ClH/c10-4-1-2-5-6(3-4)8-9-7-5;/h1-3,10H,(H,7,8,9);1H. The maximum Gasteiger partial charge on any atom is 0.117 e. The van der Waals surface area contributed by atoms with Crippen LogP contribution in [0.15, 0.2) is 18.2 Å². The van der Waals surface area contributed by atoms with Gasteiger partial charge in [0.2, 0.25) is 0 Å². The maximum atomic E-state index is 8.97. The lowest BCUT2D eigenvalue weighted by Crippen LogP contribution is -1.67. The second kappa shape index (κ2) is 2.75. The molecule has 4 nitrogen and oxygen atoms in total. The van der Waals surface area contributed by atoms with Crippen LogP contribution in [0.25, 0.3) is 11.0 Å². The van der Waals surface area contributed by atoms with Crippen LogP contribution in [-0.4, -0.2) is 20.5 Å². The Morgan fingerprint density at radius 3 is 2.73 bits per heavy atom. The lowest BCUT2D eigenvalue weighted by Gasteiger charge is -1.86. The lowest BCUT2D eigenvalue weighted by molar-refractivity contribution is 0.476. The molecule has 0 amide bonds. The van der Waals surface area contributed by atoms with Crippen LogP contribution in [0.4, 0.5) is 0 Å². The van der Waals surface area contributed by atoms with Gasteiger partial charge in [-0.05, 0) is 12.1 Å². The fraction of sp³-hybridized carbons (Fsp3) is 0. The second-order valence-electron chi connectivity index (χ2n) is 2.00. The first-order valence-electron chi connectivity index (χ1n) is 2.86. The molecular weight excluding hydrogens is 166 g/mol. The first kappa shape index (κ1) is 7.81. The summed E-state index contributed by atoms with van der Waals surface area (Å²) in [5, 5.41) is 19.0. The van der Waals surface area contributed by atoms with Crippen LogP contribution in [-0.2, 0) is 0 Å². The number of phenols is 1. The molecule has 1 aromatic carbocycles. The molecule has 0 fully saturated rings. The van der Waals surface area contributed by atoms with E-state index >= 15 is 0 Å². The Bertz CT molecular complexity index is 359. The van der Waals surface area contributed by atoms with E-state index in [2.05, 4.69) is 15.4 Å². The summed E-state index contributed by atoms with van der Waals surface area (Å²) < 4.78 is 0. The van der Waals surface area contributed by atoms with Crippen molar-refractivity contribution in [2.24, 2.45) is 0 Å². The molecule has 0 bridgehead atoms. The highest BCUT2D eigenvalue weighted by molar-refractivity contribution is 5.85. The van der Waals surface area contributed by atoms with Gasteiger partial charge in [0.25, 0.3) is 0 Å². The summed E-state index contributed by atoms with van der Waals surface area (Å²) in [5.41, 5.74) is 1.44. The zero-order chi connectivity index (χ0) is 6.97. The molecule has 2 aromatic rings. The van der Waals surface area contributed by atoms with Crippen LogP contribution >= 0.6 is 12.4 Å². The predicted molar refractivity (Wildman–Crippen MR) is 42.8 cm³/mol. The Labute approximate surface area is 68.6 Å². The largest absolute Gasteiger partial charge is 0.508 e. The van der Waals surface area contributed by atoms with Crippen molar-refractivity contribution in [2.45, 2.75) is 0 Å². The first-order valence-corrected chi connectivity index (χ1v) is 2.86. The van der Waals surface area contributed by atoms with Crippen molar-refractivity contribution in [2.75, 3.05) is 0 Å². The average Bonchev–Trinajstić information content (AvgIpc) is 2.33. The Morgan fingerprint density at radius 1 is 1.18 bits per heavy atom. The van der Waals surface area contributed by atoms with Crippen LogP contribution in [0.2, 0.25) is 0 Å². The number of hydrogen-bond acceptors (Lipinski definition) is 3. The van der Waals surface area contributed by atoms with Crippen molar-refractivity contribution in [3.05, 3.63) is 18.2 Å². The molecular formula is C6H6ClN3O. The molecule has 5 heteroatoms. The number of H-pyrrole nitrogens is 1. The molecule has 2 rings (SSSR count). The highest BCUT2D eigenvalue weighted by atomic mass is 35.5. The number of phenolic OH excluding ortho intramolecular Hbond substituents is 1. The third kappa shape index (κ3) is 1.25. The van der Waals surface area contributed by atoms with Gasteiger partial charge in [-0.15, -0.1) is 12.4 Å². The topological polar surface area (TPSA) is 61.8 Å². The van der Waals surface area contributed by atoms with Gasteiger partial charge in [-0.25, -0.2) is 0 Å². The summed E-state index contributed by atoms with van der Waals surface area (Å²) in [6.07, 6.45) is 0. The molecule has 0 spiro atoms. The number of hydrogen-bond donors (Lipinski definition) is 2. The van der Waals surface area contributed by atoms with E-state index < -0.39 is 0 Å². The van der Waals surface area contributed by atoms with Gasteiger partial charge in [0.15, 0.2) is 0 Å². The minimum absolute atomic E-state index is 0. The minimum Gasteiger partial charge on any atom is -0.508 e. The van der Waals surface area contributed by atoms with Crippen LogP contribution in [0, 0.1) is 0 Å². The molecule has 0 aliphatic heterocycles. The number of rotatable bonds is 0. The second-order valence-corrected chi connectivity index (χ2v) is 2.00. The molecule has 0 radical (unpaired) electrons. The maximum absolute atomic E-state index is 8.97. The Morgan fingerprint density at radius 2 is 1.91 bits per heavy atom. The number of nitrogens with zero attached hydrogens (tertiary/aromatic N) is 2. The molecule has 1 aromatic heterocycles. The van der Waals surface area contributed by atoms with Gasteiger partial charge in [-0.3, -0.25) is 0 Å². The van der Waals surface area contributed by atoms with Gasteiger partial charge in [-0.1, -0.05) is 0 Å². The number of aromatic nitrogens is 3. The number of nitrogens with one attached hydrogen (secondary N) is 1. The Hall–Kier alpha value is -1.29. The van der Waals surface area contributed by atoms with Crippen molar-refractivity contribution < 1.29 is 5.11 Å². The van der Waals surface area contributed by atoms with E-state index in [4.69, 9.17) is 5.11 Å². The summed E-state index contributed by atoms with van der Waals surface area (Å²) in [6, 6.07) is 4.83. The highest BCUT2D eigenvalue weighted by Gasteiger charge is 1.96. The summed E-state index contributed by atoms with van der Waals surface area (Å²) in [7, 11) is 0. The fourth-order valence-corrected chi connectivity index (χ4v) is 0.829. The molecule has 1 heterocycles. The Kier molecular flexibility index (Phi) is 1.96. The van der Waals surface area contributed by atoms with Gasteiger partial charge in [0.1, 0.15) is 16.8 Å². The number of halogens is 1. The van der Waals surface area contributed by atoms with E-state index in [1.54, 1.807) is 18.2 Å². The van der Waals surface area contributed by atoms with Crippen molar-refractivity contribution in [3.8, 4) is 5.75 Å². The van der Waals surface area contributed by atoms with E-state index in [9.17, 15) is 0 Å². The van der Waals surface area contributed by atoms with Crippen molar-refractivity contribution in [3.63, 3.8) is 0 Å². The third-order valence-corrected chi connectivity index (χ3v) is 1.30. The van der Waals surface area contributed by atoms with Crippen molar-refractivity contribution >= 4 is 23.4 Å². The SMILES string of the molecule is Cl.Oc1ccc2n[nH]nc2c1. The van der Waals surface area contributed by atoms with Gasteiger partial charge in [-0.2, -0.15) is 15.4 Å². The van der Waals surface area contributed by atoms with Gasteiger partial charge < -0.3 is 5.11 Å². The van der Waals surface area contributed by atoms with E-state index in [1.165, 1.54) is 0 Å². The van der Waals surface area contributed by atoms with Gasteiger partial charge in [0.05, 0.1) is 0 Å². The number of fused-ring (bicyclic) bond motifs is 1. The molecule has 2 N–H and O–H groups in total. The zero-order valence-corrected chi connectivity index (χ0v) is 6.30. The summed E-state index contributed by atoms with van der Waals surface area (Å²) in [4.78, 5) is 0. The van der Waals surface area contributed by atoms with Crippen LogP contribution < -0.4 is 0 Å². The van der Waals surface area contributed by atoms with Crippen molar-refractivity contribution in [1.82, 2.24) is 15.4 Å². The quantitative estimate of drug-likeness (QED) is 0.624. The summed E-state index contributed by atoms with van der Waals surface area (Å²) >= 11 is 0. The van der Waals surface area contributed by atoms with Crippen molar-refractivity contribution in [1.29, 1.82) is 0 Å². The number of aromatic hydroxyl groups is 1. The zero-order valence-electron chi connectivity index (χ0n) is 5.48. The van der Waals surface area contributed by atoms with Crippen LogP contribution in [0.5, 0.6) is 5.75 Å². The molecule has 0 atom stereocenters. The predicted octanol–water partition coefficient (Wildman–Crippen LogP) is 1.09. The number of aromatic amines is 1. The smallest absolute Gasteiger partial charge is 0.117 e. The normalized spacial score (nSPS) is 9.45. The molecule has 0 unspecified atom stereocenters. The molecule has 11 heavy (non-hydrogen) atoms. The van der Waals surface area contributed by atoms with E-state index in [0.29, 0.717) is 5.52 Å². The Balaban J connectivity index is 0.000000605. The summed E-state index contributed by atoms with van der Waals surface area (Å²) in [6.45, 7) is 0. The third-order valence-electron chi connectivity index (χ3n) is 1.30. The van der Waals surface area contributed by atoms with E-state index in [0.717, 1.165) is 5.52 Å². The minimum atomic E-state index is 0. The number of benzene rings is 1. The molecule has 58 valence electrons. The molecule has 0 aliphatic rings. The molecule has 0 saturated heterocycles. The van der Waals surface area contributed by atoms with Gasteiger partial charge in [0, 0.05) is 6.07 Å². The first-order chi connectivity index (χ1) is 4.86. The lowest BCUT2D eigenvalue weighted by atomic mass is 10.3. The average molecular weight is 172 g/mol. The monoisotopic (exact) mass is 171 g/mol. The summed E-state index contributed by atoms with van der Waals surface area (Å²) in [5.74, 6) is 0.210. The highest BCUT2D eigenvalue weighted by Crippen LogP contribution is 2.14. The van der Waals surface area contributed by atoms with Crippen LogP contribution in [0.1, 0.15) is 0 Å².